The number of thioether (sulfide) groups is 1. The molecule has 7 nitrogen and oxygen atoms in total. The summed E-state index contributed by atoms with van der Waals surface area (Å²) in [7, 11) is 0. The van der Waals surface area contributed by atoms with E-state index in [1.165, 1.54) is 0 Å². The molecule has 2 amide bonds. The Morgan fingerprint density at radius 3 is 2.40 bits per heavy atom. The van der Waals surface area contributed by atoms with Crippen LogP contribution in [0.4, 0.5) is 5.82 Å². The summed E-state index contributed by atoms with van der Waals surface area (Å²) in [4.78, 5) is 33.2. The summed E-state index contributed by atoms with van der Waals surface area (Å²) in [5, 5.41) is 7.94. The molecular weight excluding hydrogens is 542 g/mol. The van der Waals surface area contributed by atoms with Crippen LogP contribution in [0.3, 0.4) is 0 Å². The molecule has 1 atom stereocenters. The van der Waals surface area contributed by atoms with E-state index in [1.807, 2.05) is 96.5 Å². The maximum absolute atomic E-state index is 13.9. The number of carbonyl (C=O) groups excluding carboxylic acids is 2. The van der Waals surface area contributed by atoms with Crippen LogP contribution in [0.15, 0.2) is 103 Å². The average molecular weight is 574 g/mol. The van der Waals surface area contributed by atoms with Gasteiger partial charge in [0.2, 0.25) is 11.8 Å². The lowest BCUT2D eigenvalue weighted by molar-refractivity contribution is -0.123. The first-order valence-corrected chi connectivity index (χ1v) is 14.9. The molecule has 5 aromatic rings. The number of hydrogen-bond donors (Lipinski definition) is 1. The zero-order valence-corrected chi connectivity index (χ0v) is 24.3. The van der Waals surface area contributed by atoms with Crippen LogP contribution in [-0.2, 0) is 16.1 Å². The van der Waals surface area contributed by atoms with Gasteiger partial charge in [0, 0.05) is 17.3 Å². The van der Waals surface area contributed by atoms with Crippen molar-refractivity contribution in [3.8, 4) is 16.9 Å². The van der Waals surface area contributed by atoms with Gasteiger partial charge in [0.1, 0.15) is 12.4 Å². The summed E-state index contributed by atoms with van der Waals surface area (Å²) in [6.07, 6.45) is 1.69. The lowest BCUT2D eigenvalue weighted by Crippen LogP contribution is -2.42. The van der Waals surface area contributed by atoms with Crippen molar-refractivity contribution in [1.82, 2.24) is 20.1 Å². The van der Waals surface area contributed by atoms with Gasteiger partial charge in [0.15, 0.2) is 0 Å². The van der Waals surface area contributed by atoms with Crippen molar-refractivity contribution in [2.75, 3.05) is 17.2 Å². The first kappa shape index (κ1) is 27.5. The number of nitrogens with zero attached hydrogens (tertiary/aromatic N) is 4. The van der Waals surface area contributed by atoms with E-state index < -0.39 is 0 Å². The maximum Gasteiger partial charge on any atom is 0.240 e. The molecule has 3 heterocycles. The van der Waals surface area contributed by atoms with Crippen LogP contribution in [0.1, 0.15) is 33.2 Å². The molecule has 42 heavy (non-hydrogen) atoms. The third kappa shape index (κ3) is 5.58. The molecule has 1 aliphatic heterocycles. The Hall–Kier alpha value is -4.69. The van der Waals surface area contributed by atoms with Crippen LogP contribution in [0.25, 0.3) is 16.9 Å². The number of carbonyl (C=O) groups is 2. The molecule has 1 aliphatic rings. The molecule has 0 saturated heterocycles. The Labute approximate surface area is 249 Å². The van der Waals surface area contributed by atoms with E-state index in [2.05, 4.69) is 29.4 Å². The quantitative estimate of drug-likeness (QED) is 0.257. The number of anilines is 1. The minimum absolute atomic E-state index is 0.133. The molecule has 8 heteroatoms. The van der Waals surface area contributed by atoms with Crippen molar-refractivity contribution in [1.29, 1.82) is 0 Å². The van der Waals surface area contributed by atoms with E-state index in [4.69, 9.17) is 5.10 Å². The normalized spacial score (nSPS) is 14.8. The van der Waals surface area contributed by atoms with Gasteiger partial charge in [-0.15, -0.1) is 11.8 Å². The summed E-state index contributed by atoms with van der Waals surface area (Å²) >= 11 is 1.58. The number of benzene rings is 3. The van der Waals surface area contributed by atoms with Gasteiger partial charge in [-0.05, 0) is 49.2 Å². The molecule has 0 radical (unpaired) electrons. The van der Waals surface area contributed by atoms with Crippen molar-refractivity contribution in [2.24, 2.45) is 0 Å². The number of amides is 2. The summed E-state index contributed by atoms with van der Waals surface area (Å²) in [5.74, 6) is 0.438. The van der Waals surface area contributed by atoms with E-state index in [0.717, 1.165) is 44.9 Å². The van der Waals surface area contributed by atoms with Crippen molar-refractivity contribution in [3.05, 3.63) is 131 Å². The van der Waals surface area contributed by atoms with E-state index in [0.29, 0.717) is 5.82 Å². The van der Waals surface area contributed by atoms with E-state index in [-0.39, 0.29) is 35.9 Å². The molecule has 0 saturated carbocycles. The molecule has 0 bridgehead atoms. The lowest BCUT2D eigenvalue weighted by atomic mass is 9.97. The van der Waals surface area contributed by atoms with E-state index in [9.17, 15) is 9.59 Å². The summed E-state index contributed by atoms with van der Waals surface area (Å²) < 4.78 is 1.83. The Bertz CT molecular complexity index is 1720. The Balaban J connectivity index is 1.52. The van der Waals surface area contributed by atoms with Gasteiger partial charge < -0.3 is 5.32 Å². The highest BCUT2D eigenvalue weighted by Gasteiger charge is 2.38. The number of hydrogen-bond acceptors (Lipinski definition) is 5. The Kier molecular flexibility index (Phi) is 7.88. The van der Waals surface area contributed by atoms with Crippen LogP contribution >= 0.6 is 11.8 Å². The second-order valence-electron chi connectivity index (χ2n) is 10.3. The zero-order valence-electron chi connectivity index (χ0n) is 23.5. The third-order valence-corrected chi connectivity index (χ3v) is 8.62. The highest BCUT2D eigenvalue weighted by Crippen LogP contribution is 2.49. The van der Waals surface area contributed by atoms with E-state index >= 15 is 0 Å². The molecule has 1 N–H and O–H groups in total. The number of pyridine rings is 1. The smallest absolute Gasteiger partial charge is 0.240 e. The van der Waals surface area contributed by atoms with Crippen molar-refractivity contribution < 1.29 is 9.59 Å². The van der Waals surface area contributed by atoms with Gasteiger partial charge in [-0.3, -0.25) is 19.5 Å². The zero-order chi connectivity index (χ0) is 29.1. The molecule has 6 rings (SSSR count). The first-order chi connectivity index (χ1) is 20.5. The van der Waals surface area contributed by atoms with E-state index in [1.54, 1.807) is 22.9 Å². The van der Waals surface area contributed by atoms with Crippen molar-refractivity contribution in [2.45, 2.75) is 25.6 Å². The van der Waals surface area contributed by atoms with Crippen molar-refractivity contribution in [3.63, 3.8) is 0 Å². The van der Waals surface area contributed by atoms with Crippen LogP contribution < -0.4 is 10.2 Å². The second-order valence-corrected chi connectivity index (χ2v) is 11.4. The molecule has 0 fully saturated rings. The number of aromatic nitrogens is 3. The van der Waals surface area contributed by atoms with Crippen LogP contribution in [-0.4, -0.2) is 38.9 Å². The minimum Gasteiger partial charge on any atom is -0.349 e. The lowest BCUT2D eigenvalue weighted by Gasteiger charge is -2.23. The van der Waals surface area contributed by atoms with Crippen LogP contribution in [0.2, 0.25) is 0 Å². The highest BCUT2D eigenvalue weighted by molar-refractivity contribution is 8.00. The molecule has 0 spiro atoms. The SMILES string of the molecule is Cc1ccc(-n2nc(-c3ccccc3)c3c2N(CC(=O)NCc2ccccn2)C(=O)CS[C@H]3c2ccccc2C)cc1. The Morgan fingerprint density at radius 2 is 1.67 bits per heavy atom. The monoisotopic (exact) mass is 573 g/mol. The summed E-state index contributed by atoms with van der Waals surface area (Å²) in [6.45, 7) is 4.28. The van der Waals surface area contributed by atoms with Crippen molar-refractivity contribution >= 4 is 29.4 Å². The minimum atomic E-state index is -0.266. The fourth-order valence-corrected chi connectivity index (χ4v) is 6.51. The maximum atomic E-state index is 13.9. The Morgan fingerprint density at radius 1 is 0.929 bits per heavy atom. The standard InChI is InChI=1S/C34H31N5O2S/c1-23-15-17-27(18-16-23)39-34-31(32(37-39)25-11-4-3-5-12-25)33(28-14-7-6-10-24(28)2)42-22-30(41)38(34)21-29(40)36-20-26-13-8-9-19-35-26/h3-19,33H,20-22H2,1-2H3,(H,36,40)/t33-/m0/s1. The molecule has 2 aromatic heterocycles. The largest absolute Gasteiger partial charge is 0.349 e. The second kappa shape index (κ2) is 12.0. The predicted octanol–water partition coefficient (Wildman–Crippen LogP) is 6.04. The van der Waals surface area contributed by atoms with Gasteiger partial charge >= 0.3 is 0 Å². The predicted molar refractivity (Wildman–Crippen MR) is 168 cm³/mol. The highest BCUT2D eigenvalue weighted by atomic mass is 32.2. The summed E-state index contributed by atoms with van der Waals surface area (Å²) in [5.41, 5.74) is 7.62. The molecule has 0 aliphatic carbocycles. The third-order valence-electron chi connectivity index (χ3n) is 7.38. The molecular formula is C34H31N5O2S. The van der Waals surface area contributed by atoms with Crippen LogP contribution in [0, 0.1) is 13.8 Å². The van der Waals surface area contributed by atoms with Gasteiger partial charge in [-0.25, -0.2) is 4.68 Å². The summed E-state index contributed by atoms with van der Waals surface area (Å²) in [6, 6.07) is 32.0. The molecule has 210 valence electrons. The van der Waals surface area contributed by atoms with Crippen LogP contribution in [0.5, 0.6) is 0 Å². The average Bonchev–Trinajstić information content (AvgIpc) is 3.34. The number of rotatable bonds is 7. The first-order valence-electron chi connectivity index (χ1n) is 13.9. The van der Waals surface area contributed by atoms with Gasteiger partial charge in [0.25, 0.3) is 0 Å². The fraction of sp³-hybridized carbons (Fsp3) is 0.176. The number of aryl methyl sites for hydroxylation is 2. The number of fused-ring (bicyclic) bond motifs is 1. The molecule has 3 aromatic carbocycles. The molecule has 0 unspecified atom stereocenters. The van der Waals surface area contributed by atoms with Gasteiger partial charge in [-0.1, -0.05) is 78.4 Å². The van der Waals surface area contributed by atoms with Gasteiger partial charge in [-0.2, -0.15) is 5.10 Å². The van der Waals surface area contributed by atoms with Gasteiger partial charge in [0.05, 0.1) is 34.6 Å². The topological polar surface area (TPSA) is 80.1 Å². The number of nitrogens with one attached hydrogen (secondary N) is 1. The fourth-order valence-electron chi connectivity index (χ4n) is 5.21.